The third-order valence-corrected chi connectivity index (χ3v) is 3.33. The van der Waals surface area contributed by atoms with Crippen LogP contribution in [0.1, 0.15) is 17.5 Å². The molecule has 0 radical (unpaired) electrons. The smallest absolute Gasteiger partial charge is 0.122 e. The summed E-state index contributed by atoms with van der Waals surface area (Å²) in [5.74, 6) is 0.985. The molecule has 0 atom stereocenters. The van der Waals surface area contributed by atoms with Crippen LogP contribution in [-0.4, -0.2) is 19.9 Å². The highest BCUT2D eigenvalue weighted by Gasteiger charge is 2.06. The van der Waals surface area contributed by atoms with Gasteiger partial charge in [0.15, 0.2) is 0 Å². The molecule has 2 N–H and O–H groups in total. The van der Waals surface area contributed by atoms with Crippen LogP contribution < -0.4 is 10.5 Å². The Morgan fingerprint density at radius 3 is 2.67 bits per heavy atom. The van der Waals surface area contributed by atoms with Gasteiger partial charge in [-0.05, 0) is 55.8 Å². The number of nitrogens with two attached hydrogens (primary N) is 1. The zero-order chi connectivity index (χ0) is 11.3. The number of thioether (sulfide) groups is 1. The van der Waals surface area contributed by atoms with Gasteiger partial charge in [-0.3, -0.25) is 0 Å². The molecule has 2 nitrogen and oxygen atoms in total. The fraction of sp³-hybridized carbons (Fsp3) is 0.500. The van der Waals surface area contributed by atoms with Crippen molar-refractivity contribution in [2.75, 3.05) is 19.9 Å². The Balaban J connectivity index is 2.99. The van der Waals surface area contributed by atoms with Crippen molar-refractivity contribution in [3.8, 4) is 5.75 Å². The van der Waals surface area contributed by atoms with Crippen LogP contribution >= 0.6 is 11.8 Å². The number of methoxy groups -OCH3 is 1. The highest BCUT2D eigenvalue weighted by Crippen LogP contribution is 2.29. The van der Waals surface area contributed by atoms with Gasteiger partial charge < -0.3 is 10.5 Å². The summed E-state index contributed by atoms with van der Waals surface area (Å²) >= 11 is 1.78. The van der Waals surface area contributed by atoms with Crippen molar-refractivity contribution in [3.63, 3.8) is 0 Å². The van der Waals surface area contributed by atoms with E-state index >= 15 is 0 Å². The topological polar surface area (TPSA) is 35.2 Å². The SMILES string of the molecule is COc1cc(C)c(SC)cc1CCCN. The highest BCUT2D eigenvalue weighted by molar-refractivity contribution is 7.98. The molecule has 0 saturated carbocycles. The molecule has 0 aliphatic rings. The first-order valence-corrected chi connectivity index (χ1v) is 6.37. The van der Waals surface area contributed by atoms with Crippen LogP contribution in [0.3, 0.4) is 0 Å². The van der Waals surface area contributed by atoms with Crippen molar-refractivity contribution >= 4 is 11.8 Å². The Hall–Kier alpha value is -0.670. The van der Waals surface area contributed by atoms with Crippen molar-refractivity contribution in [2.24, 2.45) is 5.73 Å². The van der Waals surface area contributed by atoms with E-state index in [-0.39, 0.29) is 0 Å². The lowest BCUT2D eigenvalue weighted by atomic mass is 10.1. The number of rotatable bonds is 5. The second-order valence-corrected chi connectivity index (χ2v) is 4.37. The second-order valence-electron chi connectivity index (χ2n) is 3.53. The van der Waals surface area contributed by atoms with Crippen LogP contribution in [-0.2, 0) is 6.42 Å². The summed E-state index contributed by atoms with van der Waals surface area (Å²) in [6.07, 6.45) is 4.10. The summed E-state index contributed by atoms with van der Waals surface area (Å²) in [6, 6.07) is 4.33. The molecule has 1 aromatic rings. The van der Waals surface area contributed by atoms with E-state index in [1.54, 1.807) is 18.9 Å². The minimum atomic E-state index is 0.728. The Labute approximate surface area is 96.2 Å². The minimum absolute atomic E-state index is 0.728. The van der Waals surface area contributed by atoms with E-state index in [0.29, 0.717) is 0 Å². The average Bonchev–Trinajstić information content (AvgIpc) is 2.26. The zero-order valence-electron chi connectivity index (χ0n) is 9.67. The van der Waals surface area contributed by atoms with Crippen LogP contribution in [0.4, 0.5) is 0 Å². The number of aryl methyl sites for hydroxylation is 2. The monoisotopic (exact) mass is 225 g/mol. The molecule has 15 heavy (non-hydrogen) atoms. The Bertz CT molecular complexity index is 326. The molecular formula is C12H19NOS. The van der Waals surface area contributed by atoms with Gasteiger partial charge in [0, 0.05) is 4.90 Å². The standard InChI is InChI=1S/C12H19NOS/c1-9-7-11(14-2)10(5-4-6-13)8-12(9)15-3/h7-8H,4-6,13H2,1-3H3. The van der Waals surface area contributed by atoms with Gasteiger partial charge in [-0.2, -0.15) is 0 Å². The van der Waals surface area contributed by atoms with Crippen LogP contribution in [0.25, 0.3) is 0 Å². The third kappa shape index (κ3) is 3.14. The molecule has 0 aromatic heterocycles. The largest absolute Gasteiger partial charge is 0.496 e. The first-order chi connectivity index (χ1) is 7.22. The summed E-state index contributed by atoms with van der Waals surface area (Å²) in [7, 11) is 1.72. The maximum atomic E-state index is 5.52. The molecule has 0 amide bonds. The van der Waals surface area contributed by atoms with Crippen molar-refractivity contribution in [1.82, 2.24) is 0 Å². The van der Waals surface area contributed by atoms with E-state index in [4.69, 9.17) is 10.5 Å². The average molecular weight is 225 g/mol. The third-order valence-electron chi connectivity index (χ3n) is 2.45. The lowest BCUT2D eigenvalue weighted by molar-refractivity contribution is 0.408. The van der Waals surface area contributed by atoms with E-state index in [0.717, 1.165) is 25.1 Å². The molecule has 0 fully saturated rings. The molecule has 3 heteroatoms. The fourth-order valence-corrected chi connectivity index (χ4v) is 2.24. The van der Waals surface area contributed by atoms with Crippen molar-refractivity contribution in [1.29, 1.82) is 0 Å². The number of benzene rings is 1. The van der Waals surface area contributed by atoms with Crippen molar-refractivity contribution < 1.29 is 4.74 Å². The summed E-state index contributed by atoms with van der Waals surface area (Å²) in [5.41, 5.74) is 8.06. The van der Waals surface area contributed by atoms with Gasteiger partial charge in [0.2, 0.25) is 0 Å². The lowest BCUT2D eigenvalue weighted by Crippen LogP contribution is -2.02. The number of hydrogen-bond acceptors (Lipinski definition) is 3. The zero-order valence-corrected chi connectivity index (χ0v) is 10.5. The van der Waals surface area contributed by atoms with Gasteiger partial charge in [0.1, 0.15) is 5.75 Å². The van der Waals surface area contributed by atoms with Gasteiger partial charge in [-0.25, -0.2) is 0 Å². The summed E-state index contributed by atoms with van der Waals surface area (Å²) in [5, 5.41) is 0. The van der Waals surface area contributed by atoms with Crippen molar-refractivity contribution in [3.05, 3.63) is 23.3 Å². The molecule has 0 saturated heterocycles. The van der Waals surface area contributed by atoms with E-state index in [9.17, 15) is 0 Å². The van der Waals surface area contributed by atoms with Crippen LogP contribution in [0.15, 0.2) is 17.0 Å². The summed E-state index contributed by atoms with van der Waals surface area (Å²) in [4.78, 5) is 1.32. The molecule has 1 rings (SSSR count). The molecule has 0 heterocycles. The van der Waals surface area contributed by atoms with Crippen LogP contribution in [0.2, 0.25) is 0 Å². The predicted molar refractivity (Wildman–Crippen MR) is 66.9 cm³/mol. The van der Waals surface area contributed by atoms with Gasteiger partial charge in [-0.15, -0.1) is 11.8 Å². The maximum absolute atomic E-state index is 5.52. The molecule has 0 aliphatic heterocycles. The highest BCUT2D eigenvalue weighted by atomic mass is 32.2. The first-order valence-electron chi connectivity index (χ1n) is 5.14. The lowest BCUT2D eigenvalue weighted by Gasteiger charge is -2.12. The van der Waals surface area contributed by atoms with Gasteiger partial charge in [0.25, 0.3) is 0 Å². The molecule has 1 aromatic carbocycles. The van der Waals surface area contributed by atoms with E-state index in [1.165, 1.54) is 16.0 Å². The van der Waals surface area contributed by atoms with Crippen LogP contribution in [0, 0.1) is 6.92 Å². The Kier molecular flexibility index (Phi) is 4.99. The molecule has 0 spiro atoms. The molecule has 0 unspecified atom stereocenters. The van der Waals surface area contributed by atoms with E-state index < -0.39 is 0 Å². The first kappa shape index (κ1) is 12.4. The molecule has 84 valence electrons. The molecular weight excluding hydrogens is 206 g/mol. The fourth-order valence-electron chi connectivity index (χ4n) is 1.60. The van der Waals surface area contributed by atoms with Gasteiger partial charge >= 0.3 is 0 Å². The maximum Gasteiger partial charge on any atom is 0.122 e. The minimum Gasteiger partial charge on any atom is -0.496 e. The Morgan fingerprint density at radius 2 is 2.13 bits per heavy atom. The summed E-state index contributed by atoms with van der Waals surface area (Å²) in [6.45, 7) is 2.84. The van der Waals surface area contributed by atoms with E-state index in [1.807, 2.05) is 0 Å². The molecule has 0 aliphatic carbocycles. The second kappa shape index (κ2) is 6.03. The van der Waals surface area contributed by atoms with E-state index in [2.05, 4.69) is 25.3 Å². The van der Waals surface area contributed by atoms with Gasteiger partial charge in [0.05, 0.1) is 7.11 Å². The summed E-state index contributed by atoms with van der Waals surface area (Å²) < 4.78 is 5.37. The number of hydrogen-bond donors (Lipinski definition) is 1. The van der Waals surface area contributed by atoms with Crippen molar-refractivity contribution in [2.45, 2.75) is 24.7 Å². The Morgan fingerprint density at radius 1 is 1.40 bits per heavy atom. The van der Waals surface area contributed by atoms with Crippen LogP contribution in [0.5, 0.6) is 5.75 Å². The number of ether oxygens (including phenoxy) is 1. The van der Waals surface area contributed by atoms with Gasteiger partial charge in [-0.1, -0.05) is 0 Å². The normalized spacial score (nSPS) is 10.4. The quantitative estimate of drug-likeness (QED) is 0.782. The molecule has 0 bridgehead atoms. The predicted octanol–water partition coefficient (Wildman–Crippen LogP) is 2.62.